The molecular weight excluding hydrogens is 424 g/mol. The summed E-state index contributed by atoms with van der Waals surface area (Å²) in [5.74, 6) is 0.132. The van der Waals surface area contributed by atoms with E-state index in [4.69, 9.17) is 18.8 Å². The lowest BCUT2D eigenvalue weighted by molar-refractivity contribution is 0.00578. The summed E-state index contributed by atoms with van der Waals surface area (Å²) in [7, 11) is -0.734. The van der Waals surface area contributed by atoms with Gasteiger partial charge in [-0.2, -0.15) is 0 Å². The SMILES string of the molecule is CCOc1ccc(F)cc1C=C(CNC(=O)OCc1ccccc1)B1OC(C)(C)C(C)(C)O1. The van der Waals surface area contributed by atoms with Crippen LogP contribution in [0.5, 0.6) is 5.75 Å². The third-order valence-electron chi connectivity index (χ3n) is 5.82. The molecule has 0 spiro atoms. The largest absolute Gasteiger partial charge is 0.493 e. The van der Waals surface area contributed by atoms with Gasteiger partial charge in [0.1, 0.15) is 18.2 Å². The number of alkyl carbamates (subject to hydrolysis) is 1. The highest BCUT2D eigenvalue weighted by Crippen LogP contribution is 2.39. The average Bonchev–Trinajstić information content (AvgIpc) is 2.99. The summed E-state index contributed by atoms with van der Waals surface area (Å²) >= 11 is 0. The molecule has 0 unspecified atom stereocenters. The molecule has 0 radical (unpaired) electrons. The van der Waals surface area contributed by atoms with Crippen molar-refractivity contribution < 1.29 is 28.0 Å². The van der Waals surface area contributed by atoms with Crippen LogP contribution in [0, 0.1) is 5.82 Å². The maximum absolute atomic E-state index is 14.0. The van der Waals surface area contributed by atoms with E-state index in [1.807, 2.05) is 65.0 Å². The lowest BCUT2D eigenvalue weighted by Gasteiger charge is -2.32. The van der Waals surface area contributed by atoms with Gasteiger partial charge in [-0.1, -0.05) is 36.4 Å². The average molecular weight is 455 g/mol. The van der Waals surface area contributed by atoms with Crippen LogP contribution >= 0.6 is 0 Å². The first-order valence-corrected chi connectivity index (χ1v) is 11.0. The van der Waals surface area contributed by atoms with Crippen LogP contribution in [-0.4, -0.2) is 37.6 Å². The predicted molar refractivity (Wildman–Crippen MR) is 126 cm³/mol. The molecule has 1 N–H and O–H groups in total. The van der Waals surface area contributed by atoms with E-state index >= 15 is 0 Å². The maximum atomic E-state index is 14.0. The fourth-order valence-electron chi connectivity index (χ4n) is 3.26. The first kappa shape index (κ1) is 24.8. The number of carbonyl (C=O) groups is 1. The fraction of sp³-hybridized carbons (Fsp3) is 0.400. The van der Waals surface area contributed by atoms with Crippen LogP contribution in [0.4, 0.5) is 9.18 Å². The van der Waals surface area contributed by atoms with Crippen molar-refractivity contribution in [3.63, 3.8) is 0 Å². The highest BCUT2D eigenvalue weighted by atomic mass is 19.1. The lowest BCUT2D eigenvalue weighted by Crippen LogP contribution is -2.41. The summed E-state index contributed by atoms with van der Waals surface area (Å²) < 4.78 is 37.3. The second kappa shape index (κ2) is 10.4. The van der Waals surface area contributed by atoms with Crippen molar-refractivity contribution in [2.75, 3.05) is 13.2 Å². The Morgan fingerprint density at radius 3 is 2.39 bits per heavy atom. The predicted octanol–water partition coefficient (Wildman–Crippen LogP) is 5.17. The summed E-state index contributed by atoms with van der Waals surface area (Å²) in [6.07, 6.45) is 1.15. The molecule has 1 heterocycles. The fourth-order valence-corrected chi connectivity index (χ4v) is 3.26. The summed E-state index contributed by atoms with van der Waals surface area (Å²) in [6, 6.07) is 13.7. The zero-order valence-electron chi connectivity index (χ0n) is 19.8. The summed E-state index contributed by atoms with van der Waals surface area (Å²) in [5.41, 5.74) is 0.873. The Hall–Kier alpha value is -2.84. The van der Waals surface area contributed by atoms with Crippen molar-refractivity contribution >= 4 is 19.3 Å². The Morgan fingerprint density at radius 2 is 1.76 bits per heavy atom. The van der Waals surface area contributed by atoms with Gasteiger partial charge in [0.25, 0.3) is 0 Å². The van der Waals surface area contributed by atoms with Crippen molar-refractivity contribution in [3.05, 3.63) is 70.9 Å². The smallest absolute Gasteiger partial charge is 0.492 e. The van der Waals surface area contributed by atoms with E-state index < -0.39 is 30.2 Å². The minimum Gasteiger partial charge on any atom is -0.493 e. The second-order valence-corrected chi connectivity index (χ2v) is 8.84. The first-order valence-electron chi connectivity index (χ1n) is 11.0. The minimum absolute atomic E-state index is 0.0898. The molecule has 0 atom stereocenters. The molecule has 8 heteroatoms. The Kier molecular flexibility index (Phi) is 7.82. The van der Waals surface area contributed by atoms with Crippen molar-refractivity contribution in [2.24, 2.45) is 0 Å². The van der Waals surface area contributed by atoms with Crippen LogP contribution in [0.25, 0.3) is 6.08 Å². The molecule has 1 saturated heterocycles. The molecule has 0 bridgehead atoms. The van der Waals surface area contributed by atoms with E-state index in [-0.39, 0.29) is 13.2 Å². The van der Waals surface area contributed by atoms with Gasteiger partial charge in [0, 0.05) is 12.1 Å². The number of halogens is 1. The van der Waals surface area contributed by atoms with Gasteiger partial charge in [-0.05, 0) is 63.9 Å². The van der Waals surface area contributed by atoms with Crippen LogP contribution in [0.2, 0.25) is 0 Å². The van der Waals surface area contributed by atoms with Gasteiger partial charge in [0.05, 0.1) is 17.8 Å². The summed E-state index contributed by atoms with van der Waals surface area (Å²) in [4.78, 5) is 12.3. The third-order valence-corrected chi connectivity index (χ3v) is 5.82. The van der Waals surface area contributed by atoms with Gasteiger partial charge in [-0.3, -0.25) is 0 Å². The number of hydrogen-bond donors (Lipinski definition) is 1. The molecule has 1 aliphatic rings. The van der Waals surface area contributed by atoms with E-state index in [1.165, 1.54) is 12.1 Å². The van der Waals surface area contributed by atoms with E-state index in [9.17, 15) is 9.18 Å². The maximum Gasteiger partial charge on any atom is 0.492 e. The highest BCUT2D eigenvalue weighted by molar-refractivity contribution is 6.56. The van der Waals surface area contributed by atoms with Crippen LogP contribution < -0.4 is 10.1 Å². The number of hydrogen-bond acceptors (Lipinski definition) is 5. The van der Waals surface area contributed by atoms with Crippen LogP contribution in [0.1, 0.15) is 45.7 Å². The molecule has 0 aliphatic carbocycles. The van der Waals surface area contributed by atoms with E-state index in [0.717, 1.165) is 5.56 Å². The van der Waals surface area contributed by atoms with Crippen molar-refractivity contribution in [2.45, 2.75) is 52.4 Å². The van der Waals surface area contributed by atoms with Gasteiger partial charge in [0.2, 0.25) is 0 Å². The second-order valence-electron chi connectivity index (χ2n) is 8.84. The number of ether oxygens (including phenoxy) is 2. The Balaban J connectivity index is 1.80. The van der Waals surface area contributed by atoms with Gasteiger partial charge in [0.15, 0.2) is 0 Å². The molecule has 2 aromatic rings. The Bertz CT molecular complexity index is 978. The molecule has 2 aromatic carbocycles. The molecule has 3 rings (SSSR count). The normalized spacial score (nSPS) is 17.0. The molecule has 0 saturated carbocycles. The molecule has 1 aliphatic heterocycles. The first-order chi connectivity index (χ1) is 15.6. The number of benzene rings is 2. The molecular formula is C25H31BFNO5. The van der Waals surface area contributed by atoms with Gasteiger partial charge < -0.3 is 24.1 Å². The molecule has 176 valence electrons. The van der Waals surface area contributed by atoms with Gasteiger partial charge in [-0.25, -0.2) is 9.18 Å². The Morgan fingerprint density at radius 1 is 1.09 bits per heavy atom. The minimum atomic E-state index is -0.734. The van der Waals surface area contributed by atoms with Crippen molar-refractivity contribution in [1.29, 1.82) is 0 Å². The van der Waals surface area contributed by atoms with Crippen molar-refractivity contribution in [3.8, 4) is 5.75 Å². The van der Waals surface area contributed by atoms with E-state index in [1.54, 1.807) is 12.1 Å². The molecule has 33 heavy (non-hydrogen) atoms. The van der Waals surface area contributed by atoms with Crippen LogP contribution in [0.15, 0.2) is 54.0 Å². The lowest BCUT2D eigenvalue weighted by atomic mass is 9.77. The summed E-state index contributed by atoms with van der Waals surface area (Å²) in [6.45, 7) is 10.3. The number of nitrogens with one attached hydrogen (secondary N) is 1. The topological polar surface area (TPSA) is 66.0 Å². The standard InChI is InChI=1S/C25H31BFNO5/c1-6-30-22-13-12-21(27)15-19(22)14-20(26-32-24(2,3)25(4,5)33-26)16-28-23(29)31-17-18-10-8-7-9-11-18/h7-15H,6,16-17H2,1-5H3,(H,28,29). The monoisotopic (exact) mass is 455 g/mol. The third kappa shape index (κ3) is 6.36. The zero-order chi connectivity index (χ0) is 24.1. The number of rotatable bonds is 8. The molecule has 1 amide bonds. The van der Waals surface area contributed by atoms with Crippen LogP contribution in [0.3, 0.4) is 0 Å². The summed E-state index contributed by atoms with van der Waals surface area (Å²) in [5, 5.41) is 2.75. The van der Waals surface area contributed by atoms with Gasteiger partial charge >= 0.3 is 13.2 Å². The van der Waals surface area contributed by atoms with Gasteiger partial charge in [-0.15, -0.1) is 0 Å². The van der Waals surface area contributed by atoms with Crippen LogP contribution in [-0.2, 0) is 20.7 Å². The quantitative estimate of drug-likeness (QED) is 0.557. The zero-order valence-corrected chi connectivity index (χ0v) is 19.8. The molecule has 6 nitrogen and oxygen atoms in total. The van der Waals surface area contributed by atoms with E-state index in [0.29, 0.717) is 23.4 Å². The van der Waals surface area contributed by atoms with E-state index in [2.05, 4.69) is 5.32 Å². The highest BCUT2D eigenvalue weighted by Gasteiger charge is 2.52. The molecule has 1 fully saturated rings. The molecule has 0 aromatic heterocycles. The number of amides is 1. The Labute approximate surface area is 195 Å². The van der Waals surface area contributed by atoms with Crippen molar-refractivity contribution in [1.82, 2.24) is 5.32 Å². The number of carbonyl (C=O) groups excluding carboxylic acids is 1.